The van der Waals surface area contributed by atoms with Gasteiger partial charge in [0.05, 0.1) is 7.11 Å². The van der Waals surface area contributed by atoms with Gasteiger partial charge in [0.25, 0.3) is 0 Å². The van der Waals surface area contributed by atoms with Crippen LogP contribution in [0.15, 0.2) is 42.5 Å². The van der Waals surface area contributed by atoms with Gasteiger partial charge in [-0.2, -0.15) is 0 Å². The molecule has 1 unspecified atom stereocenters. The summed E-state index contributed by atoms with van der Waals surface area (Å²) in [7, 11) is 1.68. The third kappa shape index (κ3) is 1.57. The molecule has 0 bridgehead atoms. The van der Waals surface area contributed by atoms with Crippen molar-refractivity contribution in [3.05, 3.63) is 53.6 Å². The molecule has 86 valence electrons. The van der Waals surface area contributed by atoms with Crippen molar-refractivity contribution >= 4 is 0 Å². The number of rotatable bonds is 1. The largest absolute Gasteiger partial charge is 0.497 e. The van der Waals surface area contributed by atoms with E-state index in [9.17, 15) is 0 Å². The maximum atomic E-state index is 5.89. The molecule has 0 spiro atoms. The number of para-hydroxylation sites is 1. The minimum atomic E-state index is 0.338. The summed E-state index contributed by atoms with van der Waals surface area (Å²) in [6.45, 7) is 2.19. The van der Waals surface area contributed by atoms with Crippen molar-refractivity contribution in [1.29, 1.82) is 0 Å². The van der Waals surface area contributed by atoms with Crippen molar-refractivity contribution in [2.24, 2.45) is 0 Å². The molecular weight excluding hydrogens is 212 g/mol. The van der Waals surface area contributed by atoms with Gasteiger partial charge in [-0.15, -0.1) is 0 Å². The molecule has 2 aromatic carbocycles. The van der Waals surface area contributed by atoms with E-state index in [-0.39, 0.29) is 0 Å². The summed E-state index contributed by atoms with van der Waals surface area (Å²) in [5, 5.41) is 0. The highest BCUT2D eigenvalue weighted by molar-refractivity contribution is 5.54. The maximum Gasteiger partial charge on any atom is 0.131 e. The minimum absolute atomic E-state index is 0.338. The van der Waals surface area contributed by atoms with Gasteiger partial charge in [-0.1, -0.05) is 25.1 Å². The van der Waals surface area contributed by atoms with Gasteiger partial charge in [0, 0.05) is 17.0 Å². The van der Waals surface area contributed by atoms with Crippen molar-refractivity contribution in [1.82, 2.24) is 0 Å². The second kappa shape index (κ2) is 3.81. The molecule has 2 heteroatoms. The number of hydrogen-bond acceptors (Lipinski definition) is 2. The number of benzene rings is 2. The van der Waals surface area contributed by atoms with Crippen molar-refractivity contribution in [3.63, 3.8) is 0 Å². The Bertz CT molecular complexity index is 561. The summed E-state index contributed by atoms with van der Waals surface area (Å²) < 4.78 is 11.2. The quantitative estimate of drug-likeness (QED) is 0.733. The van der Waals surface area contributed by atoms with Crippen LogP contribution in [0.5, 0.6) is 17.2 Å². The minimum Gasteiger partial charge on any atom is -0.497 e. The van der Waals surface area contributed by atoms with E-state index >= 15 is 0 Å². The predicted octanol–water partition coefficient (Wildman–Crippen LogP) is 3.95. The lowest BCUT2D eigenvalue weighted by atomic mass is 9.89. The molecule has 3 rings (SSSR count). The Balaban J connectivity index is 2.13. The Morgan fingerprint density at radius 1 is 1.00 bits per heavy atom. The highest BCUT2D eigenvalue weighted by Crippen LogP contribution is 2.44. The summed E-state index contributed by atoms with van der Waals surface area (Å²) in [6.07, 6.45) is 0. The molecule has 0 saturated carbocycles. The van der Waals surface area contributed by atoms with Crippen LogP contribution in [0.25, 0.3) is 0 Å². The van der Waals surface area contributed by atoms with E-state index < -0.39 is 0 Å². The van der Waals surface area contributed by atoms with Gasteiger partial charge >= 0.3 is 0 Å². The van der Waals surface area contributed by atoms with E-state index in [1.165, 1.54) is 11.1 Å². The SMILES string of the molecule is COc1ccc2c(c1)C(C)c1ccccc1O2. The zero-order valence-corrected chi connectivity index (χ0v) is 9.94. The van der Waals surface area contributed by atoms with E-state index in [0.29, 0.717) is 5.92 Å². The molecule has 0 N–H and O–H groups in total. The highest BCUT2D eigenvalue weighted by Gasteiger charge is 2.23. The highest BCUT2D eigenvalue weighted by atomic mass is 16.5. The summed E-state index contributed by atoms with van der Waals surface area (Å²) in [6, 6.07) is 14.1. The lowest BCUT2D eigenvalue weighted by molar-refractivity contribution is 0.408. The molecule has 1 aliphatic rings. The third-order valence-corrected chi connectivity index (χ3v) is 3.29. The Hall–Kier alpha value is -1.96. The zero-order chi connectivity index (χ0) is 11.8. The lowest BCUT2D eigenvalue weighted by Crippen LogP contribution is -2.07. The molecule has 1 atom stereocenters. The molecule has 1 aliphatic heterocycles. The van der Waals surface area contributed by atoms with Crippen molar-refractivity contribution in [2.75, 3.05) is 7.11 Å². The first-order valence-electron chi connectivity index (χ1n) is 5.74. The van der Waals surface area contributed by atoms with Crippen molar-refractivity contribution in [3.8, 4) is 17.2 Å². The standard InChI is InChI=1S/C15H14O2/c1-10-12-5-3-4-6-14(12)17-15-8-7-11(16-2)9-13(10)15/h3-10H,1-2H3. The smallest absolute Gasteiger partial charge is 0.131 e. The Morgan fingerprint density at radius 2 is 1.76 bits per heavy atom. The molecule has 0 aromatic heterocycles. The van der Waals surface area contributed by atoms with E-state index in [1.54, 1.807) is 7.11 Å². The number of ether oxygens (including phenoxy) is 2. The second-order valence-corrected chi connectivity index (χ2v) is 4.27. The average Bonchev–Trinajstić information content (AvgIpc) is 2.39. The van der Waals surface area contributed by atoms with Gasteiger partial charge in [-0.25, -0.2) is 0 Å². The van der Waals surface area contributed by atoms with Gasteiger partial charge < -0.3 is 9.47 Å². The van der Waals surface area contributed by atoms with Crippen LogP contribution in [0.3, 0.4) is 0 Å². The summed E-state index contributed by atoms with van der Waals surface area (Å²) in [5.74, 6) is 3.10. The van der Waals surface area contributed by atoms with Crippen LogP contribution in [0.1, 0.15) is 24.0 Å². The molecule has 0 fully saturated rings. The zero-order valence-electron chi connectivity index (χ0n) is 9.94. The molecule has 2 nitrogen and oxygen atoms in total. The molecular formula is C15H14O2. The van der Waals surface area contributed by atoms with Crippen LogP contribution in [0.2, 0.25) is 0 Å². The van der Waals surface area contributed by atoms with E-state index in [4.69, 9.17) is 9.47 Å². The fourth-order valence-electron chi connectivity index (χ4n) is 2.30. The molecule has 1 heterocycles. The fourth-order valence-corrected chi connectivity index (χ4v) is 2.30. The van der Waals surface area contributed by atoms with Gasteiger partial charge in [0.15, 0.2) is 0 Å². The number of methoxy groups -OCH3 is 1. The fraction of sp³-hybridized carbons (Fsp3) is 0.200. The van der Waals surface area contributed by atoms with Crippen LogP contribution in [-0.4, -0.2) is 7.11 Å². The first-order chi connectivity index (χ1) is 8.29. The first kappa shape index (κ1) is 10.2. The monoisotopic (exact) mass is 226 g/mol. The van der Waals surface area contributed by atoms with Crippen LogP contribution in [0.4, 0.5) is 0 Å². The van der Waals surface area contributed by atoms with Gasteiger partial charge in [-0.3, -0.25) is 0 Å². The maximum absolute atomic E-state index is 5.89. The van der Waals surface area contributed by atoms with E-state index in [0.717, 1.165) is 17.2 Å². The van der Waals surface area contributed by atoms with E-state index in [2.05, 4.69) is 19.1 Å². The third-order valence-electron chi connectivity index (χ3n) is 3.29. The number of hydrogen-bond donors (Lipinski definition) is 0. The molecule has 0 radical (unpaired) electrons. The summed E-state index contributed by atoms with van der Waals surface area (Å²) >= 11 is 0. The lowest BCUT2D eigenvalue weighted by Gasteiger charge is -2.25. The van der Waals surface area contributed by atoms with Crippen LogP contribution >= 0.6 is 0 Å². The predicted molar refractivity (Wildman–Crippen MR) is 67.0 cm³/mol. The van der Waals surface area contributed by atoms with Crippen molar-refractivity contribution in [2.45, 2.75) is 12.8 Å². The second-order valence-electron chi connectivity index (χ2n) is 4.27. The topological polar surface area (TPSA) is 18.5 Å². The normalized spacial score (nSPS) is 16.7. The van der Waals surface area contributed by atoms with Crippen molar-refractivity contribution < 1.29 is 9.47 Å². The van der Waals surface area contributed by atoms with Crippen LogP contribution in [0, 0.1) is 0 Å². The molecule has 0 aliphatic carbocycles. The van der Waals surface area contributed by atoms with Gasteiger partial charge in [0.1, 0.15) is 17.2 Å². The average molecular weight is 226 g/mol. The molecule has 17 heavy (non-hydrogen) atoms. The molecule has 0 amide bonds. The number of fused-ring (bicyclic) bond motifs is 2. The van der Waals surface area contributed by atoms with Crippen LogP contribution in [-0.2, 0) is 0 Å². The first-order valence-corrected chi connectivity index (χ1v) is 5.74. The summed E-state index contributed by atoms with van der Waals surface area (Å²) in [5.41, 5.74) is 2.41. The Labute approximate surface area is 101 Å². The molecule has 0 saturated heterocycles. The van der Waals surface area contributed by atoms with E-state index in [1.807, 2.05) is 30.3 Å². The van der Waals surface area contributed by atoms with Gasteiger partial charge in [-0.05, 0) is 24.3 Å². The van der Waals surface area contributed by atoms with Gasteiger partial charge in [0.2, 0.25) is 0 Å². The van der Waals surface area contributed by atoms with Crippen LogP contribution < -0.4 is 9.47 Å². The summed E-state index contributed by atoms with van der Waals surface area (Å²) in [4.78, 5) is 0. The molecule has 2 aromatic rings. The Kier molecular flexibility index (Phi) is 2.29. The Morgan fingerprint density at radius 3 is 2.59 bits per heavy atom.